The van der Waals surface area contributed by atoms with Gasteiger partial charge in [-0.05, 0) is 24.1 Å². The molecule has 23 heavy (non-hydrogen) atoms. The lowest BCUT2D eigenvalue weighted by atomic mass is 9.93. The van der Waals surface area contributed by atoms with E-state index < -0.39 is 0 Å². The van der Waals surface area contributed by atoms with Gasteiger partial charge in [-0.15, -0.1) is 35.1 Å². The molecule has 0 atom stereocenters. The maximum absolute atomic E-state index is 12.6. The summed E-state index contributed by atoms with van der Waals surface area (Å²) in [6.45, 7) is 5.39. The molecule has 2 aromatic heterocycles. The van der Waals surface area contributed by atoms with Crippen molar-refractivity contribution in [3.05, 3.63) is 35.2 Å². The quantitative estimate of drug-likeness (QED) is 0.731. The van der Waals surface area contributed by atoms with Crippen LogP contribution in [0.5, 0.6) is 0 Å². The van der Waals surface area contributed by atoms with Gasteiger partial charge in [-0.2, -0.15) is 0 Å². The third kappa shape index (κ3) is 3.53. The first-order valence-corrected chi connectivity index (χ1v) is 8.91. The average Bonchev–Trinajstić information content (AvgIpc) is 3.03. The standard InChI is InChI=1S/C17H20N2OS2.ClH/c1-17(2,9-18)10-19(3)16(20)14-8-13-15(22-14)11-6-4-5-7-12(11)21-13;/h4-8H,9-10,18H2,1-3H3;1H. The van der Waals surface area contributed by atoms with Gasteiger partial charge in [-0.25, -0.2) is 0 Å². The smallest absolute Gasteiger partial charge is 0.263 e. The van der Waals surface area contributed by atoms with Crippen molar-refractivity contribution in [3.8, 4) is 0 Å². The Morgan fingerprint density at radius 2 is 1.91 bits per heavy atom. The van der Waals surface area contributed by atoms with Crippen molar-refractivity contribution < 1.29 is 4.79 Å². The number of fused-ring (bicyclic) bond motifs is 3. The second kappa shape index (κ2) is 6.77. The molecule has 2 N–H and O–H groups in total. The van der Waals surface area contributed by atoms with E-state index in [9.17, 15) is 4.79 Å². The summed E-state index contributed by atoms with van der Waals surface area (Å²) < 4.78 is 3.69. The SMILES string of the molecule is CN(CC(C)(C)CN)C(=O)c1cc2sc3ccccc3c2s1.Cl. The fraction of sp³-hybridized carbons (Fsp3) is 0.353. The predicted molar refractivity (Wildman–Crippen MR) is 104 cm³/mol. The van der Waals surface area contributed by atoms with Crippen molar-refractivity contribution in [3.63, 3.8) is 0 Å². The molecule has 0 fully saturated rings. The lowest BCUT2D eigenvalue weighted by Crippen LogP contribution is -2.39. The molecule has 0 saturated carbocycles. The molecule has 6 heteroatoms. The van der Waals surface area contributed by atoms with Crippen molar-refractivity contribution in [1.29, 1.82) is 0 Å². The maximum Gasteiger partial charge on any atom is 0.263 e. The van der Waals surface area contributed by atoms with E-state index in [0.29, 0.717) is 13.1 Å². The lowest BCUT2D eigenvalue weighted by Gasteiger charge is -2.28. The molecule has 0 bridgehead atoms. The van der Waals surface area contributed by atoms with Crippen LogP contribution in [0.1, 0.15) is 23.5 Å². The van der Waals surface area contributed by atoms with Gasteiger partial charge in [0.15, 0.2) is 0 Å². The van der Waals surface area contributed by atoms with E-state index in [-0.39, 0.29) is 23.7 Å². The van der Waals surface area contributed by atoms with E-state index in [1.165, 1.54) is 19.5 Å². The first-order valence-electron chi connectivity index (χ1n) is 7.28. The lowest BCUT2D eigenvalue weighted by molar-refractivity contribution is 0.0745. The molecule has 0 aliphatic heterocycles. The van der Waals surface area contributed by atoms with Crippen LogP contribution in [0, 0.1) is 5.41 Å². The molecule has 124 valence electrons. The number of hydrogen-bond donors (Lipinski definition) is 1. The highest BCUT2D eigenvalue weighted by Crippen LogP contribution is 2.39. The second-order valence-corrected chi connectivity index (χ2v) is 8.57. The van der Waals surface area contributed by atoms with Crippen molar-refractivity contribution in [2.75, 3.05) is 20.1 Å². The van der Waals surface area contributed by atoms with Crippen molar-refractivity contribution >= 4 is 60.5 Å². The van der Waals surface area contributed by atoms with Crippen molar-refractivity contribution in [2.24, 2.45) is 11.1 Å². The Hall–Kier alpha value is -1.14. The fourth-order valence-electron chi connectivity index (χ4n) is 2.57. The van der Waals surface area contributed by atoms with Gasteiger partial charge in [0.05, 0.1) is 9.58 Å². The summed E-state index contributed by atoms with van der Waals surface area (Å²) >= 11 is 3.34. The third-order valence-corrected chi connectivity index (χ3v) is 6.23. The molecule has 0 unspecified atom stereocenters. The molecule has 1 aromatic carbocycles. The Morgan fingerprint density at radius 1 is 1.22 bits per heavy atom. The number of nitrogens with two attached hydrogens (primary N) is 1. The van der Waals surface area contributed by atoms with Crippen molar-refractivity contribution in [2.45, 2.75) is 13.8 Å². The van der Waals surface area contributed by atoms with Gasteiger partial charge in [-0.1, -0.05) is 32.0 Å². The van der Waals surface area contributed by atoms with E-state index in [4.69, 9.17) is 5.73 Å². The number of carbonyl (C=O) groups excluding carboxylic acids is 1. The summed E-state index contributed by atoms with van der Waals surface area (Å²) in [6, 6.07) is 10.4. The van der Waals surface area contributed by atoms with Crippen LogP contribution in [-0.4, -0.2) is 30.9 Å². The molecule has 0 aliphatic carbocycles. The second-order valence-electron chi connectivity index (χ2n) is 6.43. The zero-order chi connectivity index (χ0) is 15.9. The number of rotatable bonds is 4. The van der Waals surface area contributed by atoms with E-state index in [1.54, 1.807) is 27.6 Å². The zero-order valence-electron chi connectivity index (χ0n) is 13.5. The Bertz CT molecular complexity index is 837. The molecule has 0 radical (unpaired) electrons. The van der Waals surface area contributed by atoms with Crippen LogP contribution in [0.2, 0.25) is 0 Å². The minimum atomic E-state index is -0.0637. The minimum absolute atomic E-state index is 0. The van der Waals surface area contributed by atoms with Crippen LogP contribution in [0.25, 0.3) is 19.5 Å². The van der Waals surface area contributed by atoms with Crippen LogP contribution in [-0.2, 0) is 0 Å². The number of halogens is 1. The molecular formula is C17H21ClN2OS2. The Balaban J connectivity index is 0.00000192. The number of thiophene rings is 2. The van der Waals surface area contributed by atoms with E-state index in [0.717, 1.165) is 4.88 Å². The maximum atomic E-state index is 12.6. The Labute approximate surface area is 150 Å². The molecule has 3 rings (SSSR count). The topological polar surface area (TPSA) is 46.3 Å². The van der Waals surface area contributed by atoms with Gasteiger partial charge < -0.3 is 10.6 Å². The minimum Gasteiger partial charge on any atom is -0.340 e. The summed E-state index contributed by atoms with van der Waals surface area (Å²) in [6.07, 6.45) is 0. The van der Waals surface area contributed by atoms with Crippen LogP contribution >= 0.6 is 35.1 Å². The third-order valence-electron chi connectivity index (χ3n) is 3.82. The van der Waals surface area contributed by atoms with Gasteiger partial charge in [0, 0.05) is 28.4 Å². The number of benzene rings is 1. The molecule has 3 nitrogen and oxygen atoms in total. The van der Waals surface area contributed by atoms with Crippen LogP contribution in [0.4, 0.5) is 0 Å². The number of nitrogens with zero attached hydrogens (tertiary/aromatic N) is 1. The van der Waals surface area contributed by atoms with Gasteiger partial charge in [0.2, 0.25) is 0 Å². The number of amides is 1. The fourth-order valence-corrected chi connectivity index (χ4v) is 5.09. The summed E-state index contributed by atoms with van der Waals surface area (Å²) in [5, 5.41) is 1.25. The number of hydrogen-bond acceptors (Lipinski definition) is 4. The summed E-state index contributed by atoms with van der Waals surface area (Å²) in [5.41, 5.74) is 5.70. The molecule has 2 heterocycles. The van der Waals surface area contributed by atoms with Gasteiger partial charge in [0.25, 0.3) is 5.91 Å². The van der Waals surface area contributed by atoms with Gasteiger partial charge in [-0.3, -0.25) is 4.79 Å². The predicted octanol–water partition coefficient (Wildman–Crippen LogP) is 4.59. The highest BCUT2D eigenvalue weighted by Gasteiger charge is 2.23. The molecular weight excluding hydrogens is 348 g/mol. The molecule has 3 aromatic rings. The van der Waals surface area contributed by atoms with E-state index in [1.807, 2.05) is 19.2 Å². The number of carbonyl (C=O) groups is 1. The first kappa shape index (κ1) is 18.2. The highest BCUT2D eigenvalue weighted by molar-refractivity contribution is 7.33. The molecule has 0 spiro atoms. The first-order chi connectivity index (χ1) is 10.4. The highest BCUT2D eigenvalue weighted by atomic mass is 35.5. The van der Waals surface area contributed by atoms with E-state index >= 15 is 0 Å². The van der Waals surface area contributed by atoms with Crippen LogP contribution in [0.3, 0.4) is 0 Å². The Morgan fingerprint density at radius 3 is 2.61 bits per heavy atom. The van der Waals surface area contributed by atoms with Crippen LogP contribution in [0.15, 0.2) is 30.3 Å². The molecule has 0 aliphatic rings. The van der Waals surface area contributed by atoms with Gasteiger partial charge in [0.1, 0.15) is 0 Å². The summed E-state index contributed by atoms with van der Waals surface area (Å²) in [5.74, 6) is 0.0824. The molecule has 1 amide bonds. The average molecular weight is 369 g/mol. The monoisotopic (exact) mass is 368 g/mol. The van der Waals surface area contributed by atoms with Crippen LogP contribution < -0.4 is 5.73 Å². The summed E-state index contributed by atoms with van der Waals surface area (Å²) in [7, 11) is 1.85. The normalized spacial score (nSPS) is 11.7. The van der Waals surface area contributed by atoms with Crippen molar-refractivity contribution in [1.82, 2.24) is 4.90 Å². The van der Waals surface area contributed by atoms with E-state index in [2.05, 4.69) is 32.0 Å². The zero-order valence-corrected chi connectivity index (χ0v) is 15.9. The summed E-state index contributed by atoms with van der Waals surface area (Å²) in [4.78, 5) is 15.2. The largest absolute Gasteiger partial charge is 0.340 e. The van der Waals surface area contributed by atoms with Gasteiger partial charge >= 0.3 is 0 Å². The molecule has 0 saturated heterocycles. The Kier molecular flexibility index (Phi) is 5.36.